The van der Waals surface area contributed by atoms with Crippen LogP contribution in [0.15, 0.2) is 6.20 Å². The molecule has 1 aromatic rings. The van der Waals surface area contributed by atoms with Crippen molar-refractivity contribution in [2.45, 2.75) is 65.5 Å². The average molecular weight is 307 g/mol. The first kappa shape index (κ1) is 17.0. The van der Waals surface area contributed by atoms with Crippen molar-refractivity contribution in [1.29, 1.82) is 0 Å². The van der Waals surface area contributed by atoms with E-state index in [9.17, 15) is 9.90 Å². The first-order chi connectivity index (χ1) is 10.4. The van der Waals surface area contributed by atoms with Crippen LogP contribution < -0.4 is 5.32 Å². The predicted molar refractivity (Wildman–Crippen MR) is 86.8 cm³/mol. The van der Waals surface area contributed by atoms with E-state index in [2.05, 4.69) is 24.3 Å². The van der Waals surface area contributed by atoms with E-state index in [1.165, 1.54) is 0 Å². The number of hydrogen-bond donors (Lipinski definition) is 2. The molecule has 1 heterocycles. The summed E-state index contributed by atoms with van der Waals surface area (Å²) in [6.45, 7) is 9.63. The number of nitrogens with one attached hydrogen (secondary N) is 1. The Morgan fingerprint density at radius 3 is 2.64 bits per heavy atom. The Morgan fingerprint density at radius 2 is 2.09 bits per heavy atom. The molecule has 5 heteroatoms. The summed E-state index contributed by atoms with van der Waals surface area (Å²) in [5.74, 6) is 1.15. The van der Waals surface area contributed by atoms with Gasteiger partial charge in [-0.05, 0) is 31.1 Å². The number of rotatable bonds is 8. The van der Waals surface area contributed by atoms with Gasteiger partial charge in [0.15, 0.2) is 0 Å². The Morgan fingerprint density at radius 1 is 1.41 bits per heavy atom. The summed E-state index contributed by atoms with van der Waals surface area (Å²) in [6, 6.07) is 0. The van der Waals surface area contributed by atoms with Crippen LogP contribution in [-0.2, 0) is 6.54 Å². The molecule has 0 radical (unpaired) electrons. The second-order valence-corrected chi connectivity index (χ2v) is 7.15. The molecule has 1 fully saturated rings. The van der Waals surface area contributed by atoms with Crippen LogP contribution in [-0.4, -0.2) is 33.4 Å². The SMILES string of the molecule is CC(C)Cn1ncc(C(=O)NCCC(O)C(C)C)c1C1CC1. The highest BCUT2D eigenvalue weighted by molar-refractivity contribution is 5.95. The third kappa shape index (κ3) is 4.32. The second-order valence-electron chi connectivity index (χ2n) is 7.15. The number of nitrogens with zero attached hydrogens (tertiary/aromatic N) is 2. The summed E-state index contributed by atoms with van der Waals surface area (Å²) >= 11 is 0. The molecule has 1 aliphatic rings. The molecule has 1 amide bonds. The quantitative estimate of drug-likeness (QED) is 0.775. The lowest BCUT2D eigenvalue weighted by molar-refractivity contribution is 0.0919. The van der Waals surface area contributed by atoms with E-state index < -0.39 is 0 Å². The Labute approximate surface area is 133 Å². The van der Waals surface area contributed by atoms with Crippen molar-refractivity contribution in [2.75, 3.05) is 6.54 Å². The molecule has 2 N–H and O–H groups in total. The maximum absolute atomic E-state index is 12.4. The number of amides is 1. The molecule has 0 spiro atoms. The molecule has 1 aliphatic carbocycles. The molecule has 1 atom stereocenters. The molecule has 0 saturated heterocycles. The third-order valence-corrected chi connectivity index (χ3v) is 4.12. The number of carbonyl (C=O) groups excluding carboxylic acids is 1. The zero-order chi connectivity index (χ0) is 16.3. The van der Waals surface area contributed by atoms with Gasteiger partial charge in [0.1, 0.15) is 0 Å². The van der Waals surface area contributed by atoms with Crippen molar-refractivity contribution in [3.05, 3.63) is 17.5 Å². The van der Waals surface area contributed by atoms with Gasteiger partial charge in [-0.3, -0.25) is 9.48 Å². The molecule has 1 aromatic heterocycles. The molecule has 5 nitrogen and oxygen atoms in total. The number of carbonyl (C=O) groups is 1. The second kappa shape index (κ2) is 7.27. The summed E-state index contributed by atoms with van der Waals surface area (Å²) < 4.78 is 2.00. The Balaban J connectivity index is 1.99. The van der Waals surface area contributed by atoms with Gasteiger partial charge in [0.25, 0.3) is 5.91 Å². The molecular weight excluding hydrogens is 278 g/mol. The van der Waals surface area contributed by atoms with Gasteiger partial charge in [0.2, 0.25) is 0 Å². The van der Waals surface area contributed by atoms with Crippen molar-refractivity contribution in [3.8, 4) is 0 Å². The fraction of sp³-hybridized carbons (Fsp3) is 0.765. The Hall–Kier alpha value is -1.36. The number of aliphatic hydroxyl groups excluding tert-OH is 1. The molecule has 0 bridgehead atoms. The number of aromatic nitrogens is 2. The minimum absolute atomic E-state index is 0.0622. The first-order valence-corrected chi connectivity index (χ1v) is 8.42. The van der Waals surface area contributed by atoms with E-state index in [0.717, 1.165) is 25.1 Å². The molecule has 22 heavy (non-hydrogen) atoms. The highest BCUT2D eigenvalue weighted by Crippen LogP contribution is 2.41. The van der Waals surface area contributed by atoms with Gasteiger partial charge in [-0.15, -0.1) is 0 Å². The number of hydrogen-bond acceptors (Lipinski definition) is 3. The van der Waals surface area contributed by atoms with Gasteiger partial charge in [0, 0.05) is 19.0 Å². The van der Waals surface area contributed by atoms with Crippen LogP contribution in [0.5, 0.6) is 0 Å². The zero-order valence-corrected chi connectivity index (χ0v) is 14.2. The van der Waals surface area contributed by atoms with E-state index in [-0.39, 0.29) is 17.9 Å². The van der Waals surface area contributed by atoms with E-state index in [1.807, 2.05) is 18.5 Å². The van der Waals surface area contributed by atoms with E-state index >= 15 is 0 Å². The minimum Gasteiger partial charge on any atom is -0.393 e. The Bertz CT molecular complexity index is 504. The summed E-state index contributed by atoms with van der Waals surface area (Å²) in [7, 11) is 0. The molecule has 1 unspecified atom stereocenters. The van der Waals surface area contributed by atoms with Crippen LogP contribution >= 0.6 is 0 Å². The smallest absolute Gasteiger partial charge is 0.254 e. The topological polar surface area (TPSA) is 67.2 Å². The monoisotopic (exact) mass is 307 g/mol. The van der Waals surface area contributed by atoms with Crippen LogP contribution in [0.4, 0.5) is 0 Å². The van der Waals surface area contributed by atoms with Gasteiger partial charge in [-0.2, -0.15) is 5.10 Å². The van der Waals surface area contributed by atoms with Crippen LogP contribution in [0, 0.1) is 11.8 Å². The molecule has 1 saturated carbocycles. The summed E-state index contributed by atoms with van der Waals surface area (Å²) in [6.07, 6.45) is 4.21. The standard InChI is InChI=1S/C17H29N3O2/c1-11(2)10-20-16(13-5-6-13)14(9-19-20)17(22)18-8-7-15(21)12(3)4/h9,11-13,15,21H,5-8,10H2,1-4H3,(H,18,22). The van der Waals surface area contributed by atoms with Crippen molar-refractivity contribution in [3.63, 3.8) is 0 Å². The van der Waals surface area contributed by atoms with E-state index in [0.29, 0.717) is 30.4 Å². The van der Waals surface area contributed by atoms with E-state index in [4.69, 9.17) is 0 Å². The maximum atomic E-state index is 12.4. The minimum atomic E-state index is -0.369. The van der Waals surface area contributed by atoms with Crippen LogP contribution in [0.25, 0.3) is 0 Å². The van der Waals surface area contributed by atoms with Crippen LogP contribution in [0.3, 0.4) is 0 Å². The molecule has 0 aromatic carbocycles. The van der Waals surface area contributed by atoms with E-state index in [1.54, 1.807) is 6.20 Å². The highest BCUT2D eigenvalue weighted by atomic mass is 16.3. The fourth-order valence-electron chi connectivity index (χ4n) is 2.61. The summed E-state index contributed by atoms with van der Waals surface area (Å²) in [5, 5.41) is 17.1. The molecular formula is C17H29N3O2. The fourth-order valence-corrected chi connectivity index (χ4v) is 2.61. The third-order valence-electron chi connectivity index (χ3n) is 4.12. The summed E-state index contributed by atoms with van der Waals surface area (Å²) in [5.41, 5.74) is 1.80. The van der Waals surface area contributed by atoms with Crippen molar-refractivity contribution in [2.24, 2.45) is 11.8 Å². The normalized spacial score (nSPS) is 16.3. The Kier molecular flexibility index (Phi) is 5.62. The highest BCUT2D eigenvalue weighted by Gasteiger charge is 2.32. The lowest BCUT2D eigenvalue weighted by atomic mass is 10.0. The predicted octanol–water partition coefficient (Wildman–Crippen LogP) is 2.55. The van der Waals surface area contributed by atoms with Gasteiger partial charge < -0.3 is 10.4 Å². The van der Waals surface area contributed by atoms with Gasteiger partial charge >= 0.3 is 0 Å². The molecule has 124 valence electrons. The molecule has 0 aliphatic heterocycles. The first-order valence-electron chi connectivity index (χ1n) is 8.42. The van der Waals surface area contributed by atoms with Crippen molar-refractivity contribution >= 4 is 5.91 Å². The van der Waals surface area contributed by atoms with Crippen LogP contribution in [0.2, 0.25) is 0 Å². The maximum Gasteiger partial charge on any atom is 0.254 e. The van der Waals surface area contributed by atoms with Crippen LogP contribution in [0.1, 0.15) is 68.9 Å². The lowest BCUT2D eigenvalue weighted by Gasteiger charge is -2.15. The number of aliphatic hydroxyl groups is 1. The van der Waals surface area contributed by atoms with Gasteiger partial charge in [0.05, 0.1) is 23.6 Å². The van der Waals surface area contributed by atoms with Crippen molar-refractivity contribution < 1.29 is 9.90 Å². The molecule has 2 rings (SSSR count). The van der Waals surface area contributed by atoms with Gasteiger partial charge in [-0.1, -0.05) is 27.7 Å². The largest absolute Gasteiger partial charge is 0.393 e. The summed E-state index contributed by atoms with van der Waals surface area (Å²) in [4.78, 5) is 12.4. The average Bonchev–Trinajstić information content (AvgIpc) is 3.19. The van der Waals surface area contributed by atoms with Crippen molar-refractivity contribution in [1.82, 2.24) is 15.1 Å². The van der Waals surface area contributed by atoms with Gasteiger partial charge in [-0.25, -0.2) is 0 Å². The lowest BCUT2D eigenvalue weighted by Crippen LogP contribution is -2.29. The zero-order valence-electron chi connectivity index (χ0n) is 14.2.